The summed E-state index contributed by atoms with van der Waals surface area (Å²) in [6, 6.07) is 3.00. The van der Waals surface area contributed by atoms with Crippen LogP contribution in [0.15, 0.2) is 18.2 Å². The minimum Gasteiger partial charge on any atom is -0.548 e. The molecule has 9 nitrogen and oxygen atoms in total. The molecule has 0 bridgehead atoms. The Bertz CT molecular complexity index is 889. The van der Waals surface area contributed by atoms with Gasteiger partial charge in [0, 0.05) is 12.4 Å². The first-order valence-corrected chi connectivity index (χ1v) is 8.23. The zero-order chi connectivity index (χ0) is 20.3. The maximum Gasteiger partial charge on any atom is 0.268 e. The third-order valence-electron chi connectivity index (χ3n) is 4.24. The predicted molar refractivity (Wildman–Crippen MR) is 95.6 cm³/mol. The highest BCUT2D eigenvalue weighted by molar-refractivity contribution is 6.03. The van der Waals surface area contributed by atoms with E-state index >= 15 is 0 Å². The number of rotatable bonds is 7. The Labute approximate surface area is 156 Å². The van der Waals surface area contributed by atoms with Gasteiger partial charge in [-0.05, 0) is 32.0 Å². The summed E-state index contributed by atoms with van der Waals surface area (Å²) in [6.07, 6.45) is 0. The van der Waals surface area contributed by atoms with Crippen LogP contribution in [0.25, 0.3) is 10.9 Å². The summed E-state index contributed by atoms with van der Waals surface area (Å²) in [5.74, 6) is -1.39. The zero-order valence-corrected chi connectivity index (χ0v) is 15.8. The first-order chi connectivity index (χ1) is 12.7. The molecule has 0 spiro atoms. The van der Waals surface area contributed by atoms with E-state index in [1.807, 2.05) is 0 Å². The van der Waals surface area contributed by atoms with Gasteiger partial charge in [0.15, 0.2) is 0 Å². The molecule has 2 aromatic rings. The van der Waals surface area contributed by atoms with Crippen LogP contribution in [0.5, 0.6) is 11.5 Å². The lowest BCUT2D eigenvalue weighted by atomic mass is 10.2. The first-order valence-electron chi connectivity index (χ1n) is 8.23. The van der Waals surface area contributed by atoms with Crippen molar-refractivity contribution in [3.63, 3.8) is 0 Å². The zero-order valence-electron chi connectivity index (χ0n) is 15.8. The number of aromatic nitrogens is 1. The van der Waals surface area contributed by atoms with Crippen molar-refractivity contribution in [2.24, 2.45) is 7.05 Å². The molecule has 2 rings (SSSR count). The number of aliphatic carboxylic acids is 1. The summed E-state index contributed by atoms with van der Waals surface area (Å²) >= 11 is 0. The van der Waals surface area contributed by atoms with Crippen molar-refractivity contribution in [1.82, 2.24) is 15.2 Å². The van der Waals surface area contributed by atoms with Gasteiger partial charge in [0.05, 0.1) is 31.7 Å². The Morgan fingerprint density at radius 3 is 2.19 bits per heavy atom. The summed E-state index contributed by atoms with van der Waals surface area (Å²) in [4.78, 5) is 35.4. The van der Waals surface area contributed by atoms with Gasteiger partial charge >= 0.3 is 0 Å². The number of carboxylic acid groups (broad SMARTS) is 1. The molecule has 0 aliphatic carbocycles. The Hall–Kier alpha value is -3.23. The van der Waals surface area contributed by atoms with Gasteiger partial charge in [-0.1, -0.05) is 0 Å². The molecule has 2 N–H and O–H groups in total. The van der Waals surface area contributed by atoms with E-state index in [0.29, 0.717) is 28.1 Å². The Kier molecular flexibility index (Phi) is 5.94. The third kappa shape index (κ3) is 3.97. The summed E-state index contributed by atoms with van der Waals surface area (Å²) in [7, 11) is 4.75. The summed E-state index contributed by atoms with van der Waals surface area (Å²) < 4.78 is 12.3. The summed E-state index contributed by atoms with van der Waals surface area (Å²) in [5, 5.41) is 16.2. The van der Waals surface area contributed by atoms with E-state index in [1.54, 1.807) is 29.8 Å². The van der Waals surface area contributed by atoms with Gasteiger partial charge in [0.1, 0.15) is 23.2 Å². The lowest BCUT2D eigenvalue weighted by Crippen LogP contribution is -2.52. The van der Waals surface area contributed by atoms with Gasteiger partial charge < -0.3 is 34.6 Å². The van der Waals surface area contributed by atoms with Crippen LogP contribution in [0.4, 0.5) is 0 Å². The van der Waals surface area contributed by atoms with E-state index in [9.17, 15) is 19.5 Å². The largest absolute Gasteiger partial charge is 0.548 e. The van der Waals surface area contributed by atoms with Gasteiger partial charge in [-0.25, -0.2) is 0 Å². The molecule has 1 heterocycles. The minimum atomic E-state index is -1.41. The van der Waals surface area contributed by atoms with Crippen LogP contribution < -0.4 is 25.2 Å². The standard InChI is InChI=1S/C18H23N3O6/c1-9(16(22)20-10(2)18(24)25)19-17(23)12-8-11-13(26-4)6-7-14(27-5)15(11)21(12)3/h6-10H,1-5H3,(H,19,23)(H,20,22)(H,24,25)/p-1/t9-,10-/m0/s1. The molecule has 1 aromatic carbocycles. The highest BCUT2D eigenvalue weighted by Crippen LogP contribution is 2.35. The fraction of sp³-hybridized carbons (Fsp3) is 0.389. The number of ether oxygens (including phenoxy) is 2. The van der Waals surface area contributed by atoms with Crippen LogP contribution in [0.1, 0.15) is 24.3 Å². The van der Waals surface area contributed by atoms with Crippen molar-refractivity contribution in [2.45, 2.75) is 25.9 Å². The second kappa shape index (κ2) is 7.98. The third-order valence-corrected chi connectivity index (χ3v) is 4.24. The van der Waals surface area contributed by atoms with Crippen LogP contribution in [-0.4, -0.2) is 48.7 Å². The molecule has 146 valence electrons. The SMILES string of the molecule is COc1ccc(OC)c2c1cc(C(=O)N[C@@H](C)C(=O)N[C@@H](C)C(=O)[O-])n2C. The maximum absolute atomic E-state index is 12.6. The Morgan fingerprint density at radius 2 is 1.63 bits per heavy atom. The molecule has 0 saturated carbocycles. The van der Waals surface area contributed by atoms with E-state index in [1.165, 1.54) is 28.1 Å². The van der Waals surface area contributed by atoms with Gasteiger partial charge in [0.2, 0.25) is 5.91 Å². The van der Waals surface area contributed by atoms with Crippen molar-refractivity contribution in [2.75, 3.05) is 14.2 Å². The van der Waals surface area contributed by atoms with Gasteiger partial charge in [-0.15, -0.1) is 0 Å². The molecule has 27 heavy (non-hydrogen) atoms. The van der Waals surface area contributed by atoms with Crippen LogP contribution >= 0.6 is 0 Å². The van der Waals surface area contributed by atoms with Crippen LogP contribution in [-0.2, 0) is 16.6 Å². The number of hydrogen-bond donors (Lipinski definition) is 2. The fourth-order valence-electron chi connectivity index (χ4n) is 2.70. The quantitative estimate of drug-likeness (QED) is 0.676. The lowest BCUT2D eigenvalue weighted by Gasteiger charge is -2.19. The number of benzene rings is 1. The van der Waals surface area contributed by atoms with E-state index in [4.69, 9.17) is 9.47 Å². The van der Waals surface area contributed by atoms with Gasteiger partial charge in [-0.3, -0.25) is 9.59 Å². The van der Waals surface area contributed by atoms with Crippen LogP contribution in [0.2, 0.25) is 0 Å². The Balaban J connectivity index is 2.29. The number of amides is 2. The van der Waals surface area contributed by atoms with Gasteiger partial charge in [-0.2, -0.15) is 0 Å². The fourth-order valence-corrected chi connectivity index (χ4v) is 2.70. The number of carbonyl (C=O) groups excluding carboxylic acids is 3. The second-order valence-electron chi connectivity index (χ2n) is 6.07. The topological polar surface area (TPSA) is 122 Å². The van der Waals surface area contributed by atoms with Crippen molar-refractivity contribution >= 4 is 28.7 Å². The normalized spacial score (nSPS) is 12.9. The van der Waals surface area contributed by atoms with Crippen LogP contribution in [0.3, 0.4) is 0 Å². The van der Waals surface area contributed by atoms with E-state index in [2.05, 4.69) is 10.6 Å². The van der Waals surface area contributed by atoms with Crippen molar-refractivity contribution in [1.29, 1.82) is 0 Å². The number of nitrogens with zero attached hydrogens (tertiary/aromatic N) is 1. The molecular weight excluding hydrogens is 354 g/mol. The van der Waals surface area contributed by atoms with Crippen molar-refractivity contribution in [3.05, 3.63) is 23.9 Å². The number of hydrogen-bond acceptors (Lipinski definition) is 6. The molecule has 9 heteroatoms. The predicted octanol–water partition coefficient (Wildman–Crippen LogP) is -0.432. The molecule has 0 aliphatic rings. The second-order valence-corrected chi connectivity index (χ2v) is 6.07. The first kappa shape index (κ1) is 20.1. The molecule has 0 unspecified atom stereocenters. The molecule has 0 radical (unpaired) electrons. The van der Waals surface area contributed by atoms with Crippen molar-refractivity contribution < 1.29 is 29.0 Å². The average Bonchev–Trinajstić information content (AvgIpc) is 2.98. The number of methoxy groups -OCH3 is 2. The molecular formula is C18H22N3O6-. The molecule has 0 fully saturated rings. The van der Waals surface area contributed by atoms with Crippen molar-refractivity contribution in [3.8, 4) is 11.5 Å². The molecule has 2 amide bonds. The number of aryl methyl sites for hydroxylation is 1. The summed E-state index contributed by atoms with van der Waals surface area (Å²) in [6.45, 7) is 2.74. The molecule has 0 aliphatic heterocycles. The van der Waals surface area contributed by atoms with Gasteiger partial charge in [0.25, 0.3) is 5.91 Å². The smallest absolute Gasteiger partial charge is 0.268 e. The number of fused-ring (bicyclic) bond motifs is 1. The van der Waals surface area contributed by atoms with E-state index in [0.717, 1.165) is 0 Å². The average molecular weight is 376 g/mol. The lowest BCUT2D eigenvalue weighted by molar-refractivity contribution is -0.307. The highest BCUT2D eigenvalue weighted by atomic mass is 16.5. The van der Waals surface area contributed by atoms with E-state index < -0.39 is 29.9 Å². The Morgan fingerprint density at radius 1 is 1.04 bits per heavy atom. The highest BCUT2D eigenvalue weighted by Gasteiger charge is 2.23. The monoisotopic (exact) mass is 376 g/mol. The molecule has 2 atom stereocenters. The maximum atomic E-state index is 12.6. The minimum absolute atomic E-state index is 0.292. The molecule has 0 saturated heterocycles. The number of carboxylic acids is 1. The van der Waals surface area contributed by atoms with Crippen LogP contribution in [0, 0.1) is 0 Å². The molecule has 1 aromatic heterocycles. The summed E-state index contributed by atoms with van der Waals surface area (Å²) in [5.41, 5.74) is 0.963. The number of nitrogens with one attached hydrogen (secondary N) is 2. The number of carbonyl (C=O) groups is 3. The van der Waals surface area contributed by atoms with E-state index in [-0.39, 0.29) is 0 Å².